The first-order chi connectivity index (χ1) is 8.11. The van der Waals surface area contributed by atoms with Crippen molar-refractivity contribution in [1.29, 1.82) is 0 Å². The van der Waals surface area contributed by atoms with Crippen molar-refractivity contribution in [3.05, 3.63) is 35.4 Å². The van der Waals surface area contributed by atoms with Crippen LogP contribution >= 0.6 is 11.6 Å². The van der Waals surface area contributed by atoms with Crippen LogP contribution in [0.3, 0.4) is 0 Å². The maximum absolute atomic E-state index is 11.1. The third-order valence-electron chi connectivity index (χ3n) is 2.39. The van der Waals surface area contributed by atoms with Gasteiger partial charge in [0.2, 0.25) is 6.79 Å². The minimum absolute atomic E-state index is 0.177. The summed E-state index contributed by atoms with van der Waals surface area (Å²) < 4.78 is 15.5. The van der Waals surface area contributed by atoms with Crippen molar-refractivity contribution in [3.8, 4) is 11.5 Å². The van der Waals surface area contributed by atoms with Crippen LogP contribution in [0, 0.1) is 0 Å². The number of esters is 1. The topological polar surface area (TPSA) is 44.8 Å². The van der Waals surface area contributed by atoms with Crippen LogP contribution in [-0.2, 0) is 9.53 Å². The number of carbonyl (C=O) groups excluding carboxylic acids is 1. The van der Waals surface area contributed by atoms with Crippen molar-refractivity contribution >= 4 is 17.6 Å². The molecule has 4 nitrogen and oxygen atoms in total. The Hall–Kier alpha value is -1.68. The van der Waals surface area contributed by atoms with Crippen molar-refractivity contribution in [2.24, 2.45) is 0 Å². The highest BCUT2D eigenvalue weighted by atomic mass is 35.5. The Morgan fingerprint density at radius 2 is 2.18 bits per heavy atom. The van der Waals surface area contributed by atoms with Crippen LogP contribution in [0.5, 0.6) is 11.5 Å². The smallest absolute Gasteiger partial charge is 0.330 e. The predicted molar refractivity (Wildman–Crippen MR) is 62.3 cm³/mol. The summed E-state index contributed by atoms with van der Waals surface area (Å²) in [5.74, 6) is 0.707. The highest BCUT2D eigenvalue weighted by Crippen LogP contribution is 2.39. The Kier molecular flexibility index (Phi) is 3.24. The number of benzene rings is 1. The molecule has 2 rings (SSSR count). The molecule has 0 bridgehead atoms. The molecular weight excluding hydrogens is 244 g/mol. The molecular formula is C12H11ClO4. The van der Waals surface area contributed by atoms with Crippen molar-refractivity contribution < 1.29 is 19.0 Å². The fourth-order valence-electron chi connectivity index (χ4n) is 1.53. The van der Waals surface area contributed by atoms with E-state index in [1.165, 1.54) is 0 Å². The van der Waals surface area contributed by atoms with E-state index in [1.807, 2.05) is 0 Å². The van der Waals surface area contributed by atoms with E-state index in [0.717, 1.165) is 6.08 Å². The zero-order valence-corrected chi connectivity index (χ0v) is 9.99. The molecule has 0 radical (unpaired) electrons. The molecule has 0 N–H and O–H groups in total. The number of ether oxygens (including phenoxy) is 3. The maximum atomic E-state index is 11.1. The highest BCUT2D eigenvalue weighted by molar-refractivity contribution is 6.31. The Balaban J connectivity index is 2.26. The molecule has 1 unspecified atom stereocenters. The van der Waals surface area contributed by atoms with E-state index in [9.17, 15) is 4.79 Å². The van der Waals surface area contributed by atoms with Crippen LogP contribution < -0.4 is 9.47 Å². The summed E-state index contributed by atoms with van der Waals surface area (Å²) in [6.07, 6.45) is 0.639. The van der Waals surface area contributed by atoms with Gasteiger partial charge in [-0.1, -0.05) is 18.2 Å². The van der Waals surface area contributed by atoms with Gasteiger partial charge in [0.25, 0.3) is 0 Å². The molecule has 0 spiro atoms. The van der Waals surface area contributed by atoms with Gasteiger partial charge in [-0.3, -0.25) is 0 Å². The van der Waals surface area contributed by atoms with Crippen molar-refractivity contribution in [3.63, 3.8) is 0 Å². The van der Waals surface area contributed by atoms with Crippen molar-refractivity contribution in [1.82, 2.24) is 0 Å². The van der Waals surface area contributed by atoms with E-state index in [4.69, 9.17) is 25.8 Å². The summed E-state index contributed by atoms with van der Waals surface area (Å²) in [7, 11) is 0. The van der Waals surface area contributed by atoms with Crippen LogP contribution in [0.2, 0.25) is 5.02 Å². The standard InChI is InChI=1S/C12H11ClO4/c1-3-12(14)17-7(2)8-4-10-11(5-9(8)13)16-6-15-10/h3-5,7H,1,6H2,2H3. The zero-order chi connectivity index (χ0) is 12.4. The first-order valence-electron chi connectivity index (χ1n) is 5.04. The molecule has 1 aromatic rings. The van der Waals surface area contributed by atoms with Crippen LogP contribution in [0.25, 0.3) is 0 Å². The van der Waals surface area contributed by atoms with Gasteiger partial charge in [-0.15, -0.1) is 0 Å². The van der Waals surface area contributed by atoms with Crippen LogP contribution in [-0.4, -0.2) is 12.8 Å². The zero-order valence-electron chi connectivity index (χ0n) is 9.23. The molecule has 1 aromatic carbocycles. The number of hydrogen-bond acceptors (Lipinski definition) is 4. The largest absolute Gasteiger partial charge is 0.455 e. The second kappa shape index (κ2) is 4.67. The molecule has 1 heterocycles. The molecule has 17 heavy (non-hydrogen) atoms. The molecule has 90 valence electrons. The molecule has 1 aliphatic heterocycles. The Bertz CT molecular complexity index is 470. The van der Waals surface area contributed by atoms with Crippen molar-refractivity contribution in [2.75, 3.05) is 6.79 Å². The number of hydrogen-bond donors (Lipinski definition) is 0. The third kappa shape index (κ3) is 2.36. The fourth-order valence-corrected chi connectivity index (χ4v) is 1.84. The summed E-state index contributed by atoms with van der Waals surface area (Å²) in [6.45, 7) is 5.24. The van der Waals surface area contributed by atoms with Crippen LogP contribution in [0.15, 0.2) is 24.8 Å². The number of rotatable bonds is 3. The van der Waals surface area contributed by atoms with Gasteiger partial charge in [0.05, 0.1) is 5.02 Å². The summed E-state index contributed by atoms with van der Waals surface area (Å²) >= 11 is 6.08. The number of carbonyl (C=O) groups is 1. The summed E-state index contributed by atoms with van der Waals surface area (Å²) in [6, 6.07) is 3.36. The SMILES string of the molecule is C=CC(=O)OC(C)c1cc2c(cc1Cl)OCO2. The molecule has 0 saturated carbocycles. The molecule has 0 aromatic heterocycles. The van der Waals surface area contributed by atoms with E-state index in [-0.39, 0.29) is 6.79 Å². The second-order valence-electron chi connectivity index (χ2n) is 3.51. The molecule has 0 aliphatic carbocycles. The molecule has 0 fully saturated rings. The van der Waals surface area contributed by atoms with Gasteiger partial charge < -0.3 is 14.2 Å². The van der Waals surface area contributed by atoms with E-state index >= 15 is 0 Å². The van der Waals surface area contributed by atoms with Gasteiger partial charge in [-0.05, 0) is 13.0 Å². The second-order valence-corrected chi connectivity index (χ2v) is 3.92. The van der Waals surface area contributed by atoms with E-state index in [1.54, 1.807) is 19.1 Å². The summed E-state index contributed by atoms with van der Waals surface area (Å²) in [5.41, 5.74) is 0.672. The van der Waals surface area contributed by atoms with Gasteiger partial charge in [0.1, 0.15) is 6.10 Å². The van der Waals surface area contributed by atoms with E-state index in [2.05, 4.69) is 6.58 Å². The van der Waals surface area contributed by atoms with Gasteiger partial charge in [-0.2, -0.15) is 0 Å². The summed E-state index contributed by atoms with van der Waals surface area (Å²) in [4.78, 5) is 11.1. The van der Waals surface area contributed by atoms with Crippen molar-refractivity contribution in [2.45, 2.75) is 13.0 Å². The molecule has 0 amide bonds. The van der Waals surface area contributed by atoms with Gasteiger partial charge in [0.15, 0.2) is 11.5 Å². The molecule has 5 heteroatoms. The lowest BCUT2D eigenvalue weighted by Crippen LogP contribution is -2.06. The predicted octanol–water partition coefficient (Wildman–Crippen LogP) is 2.86. The maximum Gasteiger partial charge on any atom is 0.330 e. The average molecular weight is 255 g/mol. The summed E-state index contributed by atoms with van der Waals surface area (Å²) in [5, 5.41) is 0.471. The lowest BCUT2D eigenvalue weighted by atomic mass is 10.1. The lowest BCUT2D eigenvalue weighted by Gasteiger charge is -2.14. The van der Waals surface area contributed by atoms with Gasteiger partial charge in [0, 0.05) is 17.7 Å². The Morgan fingerprint density at radius 1 is 1.53 bits per heavy atom. The minimum Gasteiger partial charge on any atom is -0.455 e. The van der Waals surface area contributed by atoms with Crippen LogP contribution in [0.4, 0.5) is 0 Å². The van der Waals surface area contributed by atoms with Gasteiger partial charge >= 0.3 is 5.97 Å². The minimum atomic E-state index is -0.494. The molecule has 0 saturated heterocycles. The Labute approximate surface area is 104 Å². The highest BCUT2D eigenvalue weighted by Gasteiger charge is 2.20. The number of fused-ring (bicyclic) bond motifs is 1. The van der Waals surface area contributed by atoms with E-state index < -0.39 is 12.1 Å². The number of halogens is 1. The quantitative estimate of drug-likeness (QED) is 0.615. The van der Waals surface area contributed by atoms with Crippen LogP contribution in [0.1, 0.15) is 18.6 Å². The monoisotopic (exact) mass is 254 g/mol. The van der Waals surface area contributed by atoms with E-state index in [0.29, 0.717) is 22.1 Å². The third-order valence-corrected chi connectivity index (χ3v) is 2.72. The first-order valence-corrected chi connectivity index (χ1v) is 5.41. The lowest BCUT2D eigenvalue weighted by molar-refractivity contribution is -0.142. The Morgan fingerprint density at radius 3 is 2.82 bits per heavy atom. The first kappa shape index (κ1) is 11.8. The normalized spacial score (nSPS) is 14.2. The molecule has 1 atom stereocenters. The molecule has 1 aliphatic rings. The fraction of sp³-hybridized carbons (Fsp3) is 0.250. The average Bonchev–Trinajstić information content (AvgIpc) is 2.74. The van der Waals surface area contributed by atoms with Gasteiger partial charge in [-0.25, -0.2) is 4.79 Å².